The smallest absolute Gasteiger partial charge is 0.408 e. The van der Waals surface area contributed by atoms with Gasteiger partial charge in [-0.15, -0.1) is 0 Å². The lowest BCUT2D eigenvalue weighted by atomic mass is 10.1. The van der Waals surface area contributed by atoms with Crippen molar-refractivity contribution < 1.29 is 42.9 Å². The average Bonchev–Trinajstić information content (AvgIpc) is 2.82. The van der Waals surface area contributed by atoms with Gasteiger partial charge in [0.1, 0.15) is 35.5 Å². The summed E-state index contributed by atoms with van der Waals surface area (Å²) in [4.78, 5) is 65.2. The fraction of sp³-hybridized carbons (Fsp3) is 0.645. The lowest BCUT2D eigenvalue weighted by molar-refractivity contribution is -0.166. The van der Waals surface area contributed by atoms with Gasteiger partial charge in [0.15, 0.2) is 0 Å². The summed E-state index contributed by atoms with van der Waals surface area (Å²) in [6.07, 6.45) is -1.32. The van der Waals surface area contributed by atoms with Crippen molar-refractivity contribution in [1.29, 1.82) is 0 Å². The monoisotopic (exact) mass is 592 g/mol. The van der Waals surface area contributed by atoms with E-state index in [2.05, 4.69) is 5.32 Å². The van der Waals surface area contributed by atoms with Gasteiger partial charge in [-0.1, -0.05) is 30.3 Å². The van der Waals surface area contributed by atoms with E-state index >= 15 is 0 Å². The van der Waals surface area contributed by atoms with Gasteiger partial charge in [-0.05, 0) is 80.7 Å². The molecule has 11 nitrogen and oxygen atoms in total. The molecule has 42 heavy (non-hydrogen) atoms. The molecular weight excluding hydrogens is 544 g/mol. The Kier molecular flexibility index (Phi) is 13.5. The molecule has 236 valence electrons. The molecule has 0 aliphatic rings. The van der Waals surface area contributed by atoms with Gasteiger partial charge in [0.2, 0.25) is 5.91 Å². The van der Waals surface area contributed by atoms with Gasteiger partial charge in [-0.3, -0.25) is 9.59 Å². The van der Waals surface area contributed by atoms with Gasteiger partial charge in [0.25, 0.3) is 0 Å². The van der Waals surface area contributed by atoms with Crippen LogP contribution >= 0.6 is 0 Å². The Balaban J connectivity index is 2.98. The topological polar surface area (TPSA) is 138 Å². The fourth-order valence-corrected chi connectivity index (χ4v) is 3.63. The Morgan fingerprint density at radius 3 is 1.79 bits per heavy atom. The number of ether oxygens (including phenoxy) is 4. The fourth-order valence-electron chi connectivity index (χ4n) is 3.63. The van der Waals surface area contributed by atoms with Crippen molar-refractivity contribution in [1.82, 2.24) is 10.2 Å². The number of likely N-dealkylation sites (N-methyl/N-ethyl adjacent to an activating group) is 1. The molecule has 0 fully saturated rings. The van der Waals surface area contributed by atoms with E-state index in [9.17, 15) is 24.0 Å². The molecule has 1 aromatic rings. The zero-order valence-electron chi connectivity index (χ0n) is 26.7. The van der Waals surface area contributed by atoms with Crippen molar-refractivity contribution in [3.63, 3.8) is 0 Å². The zero-order chi connectivity index (χ0) is 32.3. The minimum atomic E-state index is -1.19. The number of carbonyl (C=O) groups excluding carboxylic acids is 5. The Bertz CT molecular complexity index is 1070. The first-order chi connectivity index (χ1) is 19.2. The summed E-state index contributed by atoms with van der Waals surface area (Å²) < 4.78 is 21.5. The summed E-state index contributed by atoms with van der Waals surface area (Å²) in [6.45, 7) is 15.4. The minimum Gasteiger partial charge on any atom is -0.460 e. The largest absolute Gasteiger partial charge is 0.460 e. The number of rotatable bonds is 12. The number of carbonyl (C=O) groups is 5. The summed E-state index contributed by atoms with van der Waals surface area (Å²) >= 11 is 0. The number of amides is 2. The number of alkyl carbamates (subject to hydrolysis) is 1. The number of nitrogens with zero attached hydrogens (tertiary/aromatic N) is 1. The first-order valence-corrected chi connectivity index (χ1v) is 14.1. The predicted octanol–water partition coefficient (Wildman–Crippen LogP) is 4.69. The van der Waals surface area contributed by atoms with E-state index in [4.69, 9.17) is 18.9 Å². The van der Waals surface area contributed by atoms with Crippen molar-refractivity contribution in [3.05, 3.63) is 35.9 Å². The average molecular weight is 593 g/mol. The molecule has 0 radical (unpaired) electrons. The Morgan fingerprint density at radius 2 is 1.26 bits per heavy atom. The van der Waals surface area contributed by atoms with Crippen LogP contribution < -0.4 is 5.32 Å². The van der Waals surface area contributed by atoms with E-state index in [0.717, 1.165) is 5.56 Å². The Labute approximate surface area is 249 Å². The van der Waals surface area contributed by atoms with E-state index in [1.54, 1.807) is 86.6 Å². The number of hydrogen-bond donors (Lipinski definition) is 1. The molecule has 0 aliphatic heterocycles. The van der Waals surface area contributed by atoms with Gasteiger partial charge in [0, 0.05) is 19.9 Å². The maximum Gasteiger partial charge on any atom is 0.408 e. The number of hydrogen-bond acceptors (Lipinski definition) is 9. The van der Waals surface area contributed by atoms with Gasteiger partial charge in [-0.25, -0.2) is 14.4 Å². The molecule has 2 amide bonds. The molecule has 0 aromatic heterocycles. The highest BCUT2D eigenvalue weighted by atomic mass is 16.6. The Morgan fingerprint density at radius 1 is 0.738 bits per heavy atom. The maximum absolute atomic E-state index is 13.2. The minimum absolute atomic E-state index is 0.00933. The second-order valence-electron chi connectivity index (χ2n) is 13.0. The van der Waals surface area contributed by atoms with E-state index in [1.807, 2.05) is 6.07 Å². The zero-order valence-corrected chi connectivity index (χ0v) is 26.7. The van der Waals surface area contributed by atoms with E-state index in [1.165, 1.54) is 11.9 Å². The lowest BCUT2D eigenvalue weighted by Crippen LogP contribution is -2.47. The normalized spacial score (nSPS) is 13.3. The van der Waals surface area contributed by atoms with Crippen LogP contribution in [0.5, 0.6) is 0 Å². The molecule has 0 spiro atoms. The summed E-state index contributed by atoms with van der Waals surface area (Å²) in [5.74, 6) is -2.42. The number of esters is 3. The van der Waals surface area contributed by atoms with Crippen LogP contribution in [0.15, 0.2) is 30.3 Å². The SMILES string of the molecule is CN(C(=O)CC[C@H](NC(=O)OCc1ccccc1)C(=O)OC(C)(C)C)[C@@H](CCC(=O)OC(C)(C)C)C(=O)OC(C)(C)C. The van der Waals surface area contributed by atoms with Gasteiger partial charge in [0.05, 0.1) is 0 Å². The van der Waals surface area contributed by atoms with Crippen LogP contribution in [0.1, 0.15) is 93.6 Å². The molecule has 0 saturated heterocycles. The van der Waals surface area contributed by atoms with Crippen molar-refractivity contribution in [3.8, 4) is 0 Å². The summed E-state index contributed by atoms with van der Waals surface area (Å²) in [5, 5.41) is 2.49. The second kappa shape index (κ2) is 15.6. The Hall–Kier alpha value is -3.63. The quantitative estimate of drug-likeness (QED) is 0.270. The lowest BCUT2D eigenvalue weighted by Gasteiger charge is -2.30. The molecule has 1 rings (SSSR count). The third-order valence-electron chi connectivity index (χ3n) is 5.42. The van der Waals surface area contributed by atoms with Crippen LogP contribution in [-0.2, 0) is 44.7 Å². The molecule has 1 N–H and O–H groups in total. The summed E-state index contributed by atoms with van der Waals surface area (Å²) in [6, 6.07) is 6.76. The molecule has 0 heterocycles. The molecule has 2 atom stereocenters. The van der Waals surface area contributed by atoms with E-state index in [-0.39, 0.29) is 32.3 Å². The first kappa shape index (κ1) is 36.4. The molecule has 1 aromatic carbocycles. The van der Waals surface area contributed by atoms with Crippen molar-refractivity contribution >= 4 is 29.9 Å². The molecule has 0 aliphatic carbocycles. The van der Waals surface area contributed by atoms with Crippen LogP contribution in [0.3, 0.4) is 0 Å². The van der Waals surface area contributed by atoms with Crippen molar-refractivity contribution in [2.75, 3.05) is 7.05 Å². The van der Waals surface area contributed by atoms with Gasteiger partial charge in [-0.2, -0.15) is 0 Å². The van der Waals surface area contributed by atoms with Crippen LogP contribution in [0.2, 0.25) is 0 Å². The van der Waals surface area contributed by atoms with Crippen molar-refractivity contribution in [2.24, 2.45) is 0 Å². The highest BCUT2D eigenvalue weighted by Gasteiger charge is 2.34. The predicted molar refractivity (Wildman–Crippen MR) is 156 cm³/mol. The molecular formula is C31H48N2O9. The second-order valence-corrected chi connectivity index (χ2v) is 13.0. The van der Waals surface area contributed by atoms with Crippen LogP contribution in [0.4, 0.5) is 4.79 Å². The van der Waals surface area contributed by atoms with Crippen LogP contribution in [0, 0.1) is 0 Å². The van der Waals surface area contributed by atoms with Crippen molar-refractivity contribution in [2.45, 2.75) is 123 Å². The standard InChI is InChI=1S/C31H48N2O9/c1-29(2,3)40-25(35)19-17-23(27(37)42-31(7,8)9)33(10)24(34)18-16-22(26(36)41-30(4,5)6)32-28(38)39-20-21-14-12-11-13-15-21/h11-15,22-23H,16-20H2,1-10H3,(H,32,38)/t22-,23-/m0/s1. The third-order valence-corrected chi connectivity index (χ3v) is 5.42. The van der Waals surface area contributed by atoms with Gasteiger partial charge >= 0.3 is 24.0 Å². The number of nitrogens with one attached hydrogen (secondary N) is 1. The summed E-state index contributed by atoms with van der Waals surface area (Å²) in [5.41, 5.74) is -1.60. The molecule has 0 bridgehead atoms. The van der Waals surface area contributed by atoms with E-state index in [0.29, 0.717) is 0 Å². The summed E-state index contributed by atoms with van der Waals surface area (Å²) in [7, 11) is 1.43. The van der Waals surface area contributed by atoms with Crippen LogP contribution in [0.25, 0.3) is 0 Å². The highest BCUT2D eigenvalue weighted by molar-refractivity contribution is 5.86. The number of benzene rings is 1. The van der Waals surface area contributed by atoms with Crippen LogP contribution in [-0.4, -0.2) is 70.7 Å². The maximum atomic E-state index is 13.2. The molecule has 0 saturated carbocycles. The molecule has 0 unspecified atom stereocenters. The van der Waals surface area contributed by atoms with Gasteiger partial charge < -0.3 is 29.2 Å². The highest BCUT2D eigenvalue weighted by Crippen LogP contribution is 2.18. The molecule has 11 heteroatoms. The first-order valence-electron chi connectivity index (χ1n) is 14.1. The third kappa shape index (κ3) is 15.4. The van der Waals surface area contributed by atoms with E-state index < -0.39 is 58.8 Å².